The topological polar surface area (TPSA) is 78.6 Å². The van der Waals surface area contributed by atoms with Gasteiger partial charge in [-0.15, -0.1) is 0 Å². The number of primary amides is 1. The van der Waals surface area contributed by atoms with E-state index >= 15 is 0 Å². The minimum Gasteiger partial charge on any atom is -0.489 e. The highest BCUT2D eigenvalue weighted by atomic mass is 16.5. The van der Waals surface area contributed by atoms with Crippen LogP contribution in [0.4, 0.5) is 0 Å². The first kappa shape index (κ1) is 14.8. The molecule has 1 aromatic rings. The van der Waals surface area contributed by atoms with Crippen molar-refractivity contribution in [3.05, 3.63) is 41.5 Å². The molecule has 0 heterocycles. The van der Waals surface area contributed by atoms with Crippen molar-refractivity contribution in [2.75, 3.05) is 13.7 Å². The summed E-state index contributed by atoms with van der Waals surface area (Å²) in [5, 5.41) is 0. The van der Waals surface area contributed by atoms with E-state index in [1.165, 1.54) is 7.11 Å². The molecular formula is C14H17NO4. The van der Waals surface area contributed by atoms with Crippen molar-refractivity contribution in [3.8, 4) is 5.75 Å². The number of ether oxygens (including phenoxy) is 2. The van der Waals surface area contributed by atoms with Gasteiger partial charge in [-0.25, -0.2) is 4.79 Å². The maximum Gasteiger partial charge on any atom is 0.333 e. The molecule has 0 saturated carbocycles. The van der Waals surface area contributed by atoms with Crippen LogP contribution in [0, 0.1) is 0 Å². The van der Waals surface area contributed by atoms with Gasteiger partial charge < -0.3 is 15.2 Å². The van der Waals surface area contributed by atoms with Crippen molar-refractivity contribution < 1.29 is 19.1 Å². The molecule has 0 radical (unpaired) electrons. The first-order valence-corrected chi connectivity index (χ1v) is 5.89. The number of benzene rings is 1. The molecule has 0 aliphatic carbocycles. The fourth-order valence-corrected chi connectivity index (χ4v) is 1.53. The SMILES string of the molecule is CC/C(=C/COc1ccccc1C(N)=O)C(=O)OC. The lowest BCUT2D eigenvalue weighted by Gasteiger charge is -2.08. The van der Waals surface area contributed by atoms with Gasteiger partial charge in [0.1, 0.15) is 12.4 Å². The number of methoxy groups -OCH3 is 1. The van der Waals surface area contributed by atoms with Crippen LogP contribution in [0.1, 0.15) is 23.7 Å². The predicted octanol–water partition coefficient (Wildman–Crippen LogP) is 1.67. The number of amides is 1. The number of hydrogen-bond donors (Lipinski definition) is 1. The first-order valence-electron chi connectivity index (χ1n) is 5.89. The molecule has 0 bridgehead atoms. The average Bonchev–Trinajstić information content (AvgIpc) is 2.43. The van der Waals surface area contributed by atoms with E-state index in [4.69, 9.17) is 10.5 Å². The zero-order valence-electron chi connectivity index (χ0n) is 11.0. The lowest BCUT2D eigenvalue weighted by molar-refractivity contribution is -0.136. The molecule has 5 heteroatoms. The standard InChI is InChI=1S/C14H17NO4/c1-3-10(14(17)18-2)8-9-19-12-7-5-4-6-11(12)13(15)16/h4-8H,3,9H2,1-2H3,(H2,15,16)/b10-8-. The molecule has 102 valence electrons. The Labute approximate surface area is 112 Å². The summed E-state index contributed by atoms with van der Waals surface area (Å²) in [5.41, 5.74) is 6.07. The number of para-hydroxylation sites is 1. The van der Waals surface area contributed by atoms with Gasteiger partial charge >= 0.3 is 5.97 Å². The molecule has 0 aromatic heterocycles. The van der Waals surface area contributed by atoms with Crippen LogP contribution < -0.4 is 10.5 Å². The van der Waals surface area contributed by atoms with E-state index in [0.29, 0.717) is 23.3 Å². The molecule has 0 aliphatic rings. The highest BCUT2D eigenvalue weighted by molar-refractivity contribution is 5.95. The van der Waals surface area contributed by atoms with Crippen molar-refractivity contribution in [2.45, 2.75) is 13.3 Å². The number of carbonyl (C=O) groups excluding carboxylic acids is 2. The Kier molecular flexibility index (Phi) is 5.60. The van der Waals surface area contributed by atoms with Crippen LogP contribution >= 0.6 is 0 Å². The predicted molar refractivity (Wildman–Crippen MR) is 70.8 cm³/mol. The molecule has 0 atom stereocenters. The van der Waals surface area contributed by atoms with E-state index in [1.54, 1.807) is 30.3 Å². The molecule has 19 heavy (non-hydrogen) atoms. The summed E-state index contributed by atoms with van der Waals surface area (Å²) in [6, 6.07) is 6.68. The van der Waals surface area contributed by atoms with E-state index in [1.807, 2.05) is 6.92 Å². The highest BCUT2D eigenvalue weighted by Crippen LogP contribution is 2.17. The molecule has 2 N–H and O–H groups in total. The summed E-state index contributed by atoms with van der Waals surface area (Å²) < 4.78 is 10.1. The molecule has 0 aliphatic heterocycles. The van der Waals surface area contributed by atoms with Crippen LogP contribution in [0.2, 0.25) is 0 Å². The van der Waals surface area contributed by atoms with Gasteiger partial charge in [0.15, 0.2) is 0 Å². The van der Waals surface area contributed by atoms with E-state index in [-0.39, 0.29) is 12.6 Å². The fourth-order valence-electron chi connectivity index (χ4n) is 1.53. The quantitative estimate of drug-likeness (QED) is 0.625. The molecule has 1 aromatic carbocycles. The Morgan fingerprint density at radius 2 is 2.00 bits per heavy atom. The second-order valence-electron chi connectivity index (χ2n) is 3.75. The van der Waals surface area contributed by atoms with Crippen LogP contribution in [0.15, 0.2) is 35.9 Å². The summed E-state index contributed by atoms with van der Waals surface area (Å²) in [4.78, 5) is 22.5. The summed E-state index contributed by atoms with van der Waals surface area (Å²) in [6.07, 6.45) is 2.18. The number of nitrogens with two attached hydrogens (primary N) is 1. The van der Waals surface area contributed by atoms with Crippen molar-refractivity contribution in [1.29, 1.82) is 0 Å². The Morgan fingerprint density at radius 1 is 1.32 bits per heavy atom. The van der Waals surface area contributed by atoms with E-state index in [9.17, 15) is 9.59 Å². The number of rotatable bonds is 6. The van der Waals surface area contributed by atoms with Gasteiger partial charge in [0.25, 0.3) is 5.91 Å². The number of hydrogen-bond acceptors (Lipinski definition) is 4. The fraction of sp³-hybridized carbons (Fsp3) is 0.286. The third-order valence-electron chi connectivity index (χ3n) is 2.55. The lowest BCUT2D eigenvalue weighted by atomic mass is 10.2. The Morgan fingerprint density at radius 3 is 2.58 bits per heavy atom. The molecule has 0 unspecified atom stereocenters. The molecule has 1 rings (SSSR count). The van der Waals surface area contributed by atoms with Crippen LogP contribution in [0.5, 0.6) is 5.75 Å². The largest absolute Gasteiger partial charge is 0.489 e. The van der Waals surface area contributed by atoms with Gasteiger partial charge in [-0.1, -0.05) is 19.1 Å². The zero-order valence-corrected chi connectivity index (χ0v) is 11.0. The van der Waals surface area contributed by atoms with Crippen LogP contribution in [0.25, 0.3) is 0 Å². The monoisotopic (exact) mass is 263 g/mol. The average molecular weight is 263 g/mol. The van der Waals surface area contributed by atoms with Crippen LogP contribution in [0.3, 0.4) is 0 Å². The van der Waals surface area contributed by atoms with Crippen LogP contribution in [-0.2, 0) is 9.53 Å². The molecule has 0 fully saturated rings. The summed E-state index contributed by atoms with van der Waals surface area (Å²) in [6.45, 7) is 2.02. The maximum absolute atomic E-state index is 11.3. The second-order valence-corrected chi connectivity index (χ2v) is 3.75. The van der Waals surface area contributed by atoms with Gasteiger partial charge in [0, 0.05) is 5.57 Å². The third kappa shape index (κ3) is 4.13. The van der Waals surface area contributed by atoms with E-state index in [0.717, 1.165) is 0 Å². The lowest BCUT2D eigenvalue weighted by Crippen LogP contribution is -2.13. The highest BCUT2D eigenvalue weighted by Gasteiger charge is 2.09. The van der Waals surface area contributed by atoms with Gasteiger partial charge in [-0.05, 0) is 24.6 Å². The number of esters is 1. The summed E-state index contributed by atoms with van der Waals surface area (Å²) in [7, 11) is 1.33. The van der Waals surface area contributed by atoms with Crippen molar-refractivity contribution in [1.82, 2.24) is 0 Å². The molecule has 1 amide bonds. The normalized spacial score (nSPS) is 10.9. The molecule has 5 nitrogen and oxygen atoms in total. The Hall–Kier alpha value is -2.30. The van der Waals surface area contributed by atoms with Crippen molar-refractivity contribution in [3.63, 3.8) is 0 Å². The number of carbonyl (C=O) groups is 2. The Balaban J connectivity index is 2.74. The summed E-state index contributed by atoms with van der Waals surface area (Å²) in [5.74, 6) is -0.538. The van der Waals surface area contributed by atoms with Gasteiger partial charge in [0.2, 0.25) is 0 Å². The van der Waals surface area contributed by atoms with Gasteiger partial charge in [0.05, 0.1) is 12.7 Å². The minimum atomic E-state index is -0.553. The van der Waals surface area contributed by atoms with E-state index < -0.39 is 5.91 Å². The van der Waals surface area contributed by atoms with Gasteiger partial charge in [-0.2, -0.15) is 0 Å². The molecule has 0 saturated heterocycles. The van der Waals surface area contributed by atoms with Crippen molar-refractivity contribution in [2.24, 2.45) is 5.73 Å². The Bertz CT molecular complexity index is 494. The van der Waals surface area contributed by atoms with Crippen molar-refractivity contribution >= 4 is 11.9 Å². The third-order valence-corrected chi connectivity index (χ3v) is 2.55. The van der Waals surface area contributed by atoms with E-state index in [2.05, 4.69) is 4.74 Å². The smallest absolute Gasteiger partial charge is 0.333 e. The minimum absolute atomic E-state index is 0.169. The molecule has 0 spiro atoms. The second kappa shape index (κ2) is 7.20. The molecular weight excluding hydrogens is 246 g/mol. The summed E-state index contributed by atoms with van der Waals surface area (Å²) >= 11 is 0. The zero-order chi connectivity index (χ0) is 14.3. The maximum atomic E-state index is 11.3. The van der Waals surface area contributed by atoms with Crippen LogP contribution in [-0.4, -0.2) is 25.6 Å². The first-order chi connectivity index (χ1) is 9.10. The van der Waals surface area contributed by atoms with Gasteiger partial charge in [-0.3, -0.25) is 4.79 Å².